The lowest BCUT2D eigenvalue weighted by Crippen LogP contribution is -2.24. The van der Waals surface area contributed by atoms with Crippen molar-refractivity contribution in [3.63, 3.8) is 0 Å². The summed E-state index contributed by atoms with van der Waals surface area (Å²) in [4.78, 5) is 14.5. The number of carboxylic acid groups (broad SMARTS) is 1. The van der Waals surface area contributed by atoms with Crippen LogP contribution in [0.2, 0.25) is 0 Å². The predicted molar refractivity (Wildman–Crippen MR) is 62.2 cm³/mol. The van der Waals surface area contributed by atoms with Crippen molar-refractivity contribution < 1.29 is 9.90 Å². The first-order valence-electron chi connectivity index (χ1n) is 5.50. The molecule has 0 amide bonds. The lowest BCUT2D eigenvalue weighted by atomic mass is 10.1. The predicted octanol–water partition coefficient (Wildman–Crippen LogP) is 1.32. The highest BCUT2D eigenvalue weighted by Gasteiger charge is 2.06. The van der Waals surface area contributed by atoms with Crippen LogP contribution < -0.4 is 5.32 Å². The number of hydrogen-bond acceptors (Lipinski definition) is 3. The molecule has 0 radical (unpaired) electrons. The van der Waals surface area contributed by atoms with E-state index in [2.05, 4.69) is 10.3 Å². The topological polar surface area (TPSA) is 62.2 Å². The Labute approximate surface area is 95.7 Å². The zero-order chi connectivity index (χ0) is 11.8. The van der Waals surface area contributed by atoms with Crippen molar-refractivity contribution in [2.75, 3.05) is 13.1 Å². The maximum atomic E-state index is 10.4. The van der Waals surface area contributed by atoms with E-state index in [4.69, 9.17) is 5.11 Å². The second-order valence-corrected chi connectivity index (χ2v) is 4.02. The molecular formula is C12H18N2O2. The first kappa shape index (κ1) is 12.6. The van der Waals surface area contributed by atoms with Gasteiger partial charge >= 0.3 is 5.97 Å². The fourth-order valence-electron chi connectivity index (χ4n) is 1.50. The summed E-state index contributed by atoms with van der Waals surface area (Å²) in [5.41, 5.74) is 1.20. The standard InChI is InChI=1S/C12H18N2O2/c1-10(7-12(15)16)8-14-6-4-11-3-2-5-13-9-11/h2-3,5,9-10,14H,4,6-8H2,1H3,(H,15,16). The minimum atomic E-state index is -0.735. The molecule has 2 N–H and O–H groups in total. The average molecular weight is 222 g/mol. The molecule has 0 aliphatic heterocycles. The zero-order valence-corrected chi connectivity index (χ0v) is 9.52. The Kier molecular flexibility index (Phi) is 5.50. The van der Waals surface area contributed by atoms with Crippen LogP contribution in [0.25, 0.3) is 0 Å². The van der Waals surface area contributed by atoms with Crippen LogP contribution in [0.5, 0.6) is 0 Å². The smallest absolute Gasteiger partial charge is 0.303 e. The maximum Gasteiger partial charge on any atom is 0.303 e. The summed E-state index contributed by atoms with van der Waals surface area (Å²) in [6, 6.07) is 3.96. The Morgan fingerprint density at radius 2 is 2.44 bits per heavy atom. The first-order valence-corrected chi connectivity index (χ1v) is 5.50. The van der Waals surface area contributed by atoms with Crippen molar-refractivity contribution in [2.45, 2.75) is 19.8 Å². The fraction of sp³-hybridized carbons (Fsp3) is 0.500. The number of nitrogens with zero attached hydrogens (tertiary/aromatic N) is 1. The minimum Gasteiger partial charge on any atom is -0.481 e. The van der Waals surface area contributed by atoms with Gasteiger partial charge in [-0.05, 0) is 37.1 Å². The summed E-state index contributed by atoms with van der Waals surface area (Å²) < 4.78 is 0. The highest BCUT2D eigenvalue weighted by molar-refractivity contribution is 5.66. The molecule has 1 heterocycles. The molecule has 0 saturated carbocycles. The van der Waals surface area contributed by atoms with Crippen LogP contribution in [0.1, 0.15) is 18.9 Å². The third-order valence-corrected chi connectivity index (χ3v) is 2.33. The van der Waals surface area contributed by atoms with E-state index >= 15 is 0 Å². The van der Waals surface area contributed by atoms with Crippen LogP contribution in [0, 0.1) is 5.92 Å². The Balaban J connectivity index is 2.10. The number of hydrogen-bond donors (Lipinski definition) is 2. The number of nitrogens with one attached hydrogen (secondary N) is 1. The maximum absolute atomic E-state index is 10.4. The molecule has 4 nitrogen and oxygen atoms in total. The van der Waals surface area contributed by atoms with Gasteiger partial charge in [0, 0.05) is 18.8 Å². The van der Waals surface area contributed by atoms with Gasteiger partial charge in [-0.2, -0.15) is 0 Å². The lowest BCUT2D eigenvalue weighted by molar-refractivity contribution is -0.137. The molecule has 4 heteroatoms. The minimum absolute atomic E-state index is 0.173. The molecule has 0 bridgehead atoms. The van der Waals surface area contributed by atoms with Crippen molar-refractivity contribution in [1.29, 1.82) is 0 Å². The van der Waals surface area contributed by atoms with E-state index < -0.39 is 5.97 Å². The van der Waals surface area contributed by atoms with Crippen LogP contribution in [0.15, 0.2) is 24.5 Å². The molecule has 0 saturated heterocycles. The fourth-order valence-corrected chi connectivity index (χ4v) is 1.50. The Bertz CT molecular complexity index is 314. The van der Waals surface area contributed by atoms with Crippen LogP contribution in [-0.2, 0) is 11.2 Å². The zero-order valence-electron chi connectivity index (χ0n) is 9.52. The first-order chi connectivity index (χ1) is 7.68. The number of aliphatic carboxylic acids is 1. The molecule has 1 aromatic rings. The van der Waals surface area contributed by atoms with E-state index in [1.165, 1.54) is 5.56 Å². The van der Waals surface area contributed by atoms with Gasteiger partial charge in [0.25, 0.3) is 0 Å². The molecule has 1 unspecified atom stereocenters. The van der Waals surface area contributed by atoms with Gasteiger partial charge in [-0.3, -0.25) is 9.78 Å². The summed E-state index contributed by atoms with van der Waals surface area (Å²) in [6.45, 7) is 3.54. The number of pyridine rings is 1. The summed E-state index contributed by atoms with van der Waals surface area (Å²) in [6.07, 6.45) is 4.75. The van der Waals surface area contributed by atoms with Crippen molar-refractivity contribution in [3.8, 4) is 0 Å². The SMILES string of the molecule is CC(CNCCc1cccnc1)CC(=O)O. The molecule has 1 aromatic heterocycles. The molecule has 0 spiro atoms. The third kappa shape index (κ3) is 5.46. The quantitative estimate of drug-likeness (QED) is 0.683. The number of carboxylic acids is 1. The highest BCUT2D eigenvalue weighted by Crippen LogP contribution is 2.00. The Morgan fingerprint density at radius 1 is 1.62 bits per heavy atom. The van der Waals surface area contributed by atoms with Gasteiger partial charge in [0.05, 0.1) is 0 Å². The molecule has 0 aliphatic carbocycles. The molecule has 1 rings (SSSR count). The highest BCUT2D eigenvalue weighted by atomic mass is 16.4. The summed E-state index contributed by atoms with van der Waals surface area (Å²) in [5.74, 6) is -0.562. The van der Waals surface area contributed by atoms with Crippen molar-refractivity contribution >= 4 is 5.97 Å². The lowest BCUT2D eigenvalue weighted by Gasteiger charge is -2.09. The van der Waals surface area contributed by atoms with Gasteiger partial charge in [0.1, 0.15) is 0 Å². The number of aromatic nitrogens is 1. The normalized spacial score (nSPS) is 12.3. The summed E-state index contributed by atoms with van der Waals surface area (Å²) in [5, 5.41) is 11.8. The van der Waals surface area contributed by atoms with Crippen molar-refractivity contribution in [2.24, 2.45) is 5.92 Å². The Morgan fingerprint density at radius 3 is 3.06 bits per heavy atom. The van der Waals surface area contributed by atoms with E-state index in [-0.39, 0.29) is 12.3 Å². The molecule has 0 aromatic carbocycles. The van der Waals surface area contributed by atoms with Crippen LogP contribution >= 0.6 is 0 Å². The van der Waals surface area contributed by atoms with Gasteiger partial charge in [-0.1, -0.05) is 13.0 Å². The van der Waals surface area contributed by atoms with Crippen molar-refractivity contribution in [1.82, 2.24) is 10.3 Å². The van der Waals surface area contributed by atoms with Gasteiger partial charge in [0.2, 0.25) is 0 Å². The van der Waals surface area contributed by atoms with Gasteiger partial charge in [0.15, 0.2) is 0 Å². The largest absolute Gasteiger partial charge is 0.481 e. The Hall–Kier alpha value is -1.42. The van der Waals surface area contributed by atoms with Gasteiger partial charge < -0.3 is 10.4 Å². The molecule has 1 atom stereocenters. The number of rotatable bonds is 7. The molecular weight excluding hydrogens is 204 g/mol. The van der Waals surface area contributed by atoms with Crippen LogP contribution in [0.3, 0.4) is 0 Å². The van der Waals surface area contributed by atoms with E-state index in [1.54, 1.807) is 6.20 Å². The van der Waals surface area contributed by atoms with Crippen LogP contribution in [0.4, 0.5) is 0 Å². The molecule has 88 valence electrons. The van der Waals surface area contributed by atoms with E-state index in [1.807, 2.05) is 25.3 Å². The molecule has 0 aliphatic rings. The summed E-state index contributed by atoms with van der Waals surface area (Å²) >= 11 is 0. The second-order valence-electron chi connectivity index (χ2n) is 4.02. The van der Waals surface area contributed by atoms with E-state index in [0.29, 0.717) is 0 Å². The van der Waals surface area contributed by atoms with Gasteiger partial charge in [-0.15, -0.1) is 0 Å². The van der Waals surface area contributed by atoms with E-state index in [0.717, 1.165) is 19.5 Å². The number of carbonyl (C=O) groups is 1. The average Bonchev–Trinajstić information content (AvgIpc) is 2.25. The van der Waals surface area contributed by atoms with Crippen LogP contribution in [-0.4, -0.2) is 29.1 Å². The molecule has 16 heavy (non-hydrogen) atoms. The second kappa shape index (κ2) is 6.95. The van der Waals surface area contributed by atoms with E-state index in [9.17, 15) is 4.79 Å². The molecule has 0 fully saturated rings. The monoisotopic (exact) mass is 222 g/mol. The van der Waals surface area contributed by atoms with Crippen molar-refractivity contribution in [3.05, 3.63) is 30.1 Å². The van der Waals surface area contributed by atoms with Gasteiger partial charge in [-0.25, -0.2) is 0 Å². The third-order valence-electron chi connectivity index (χ3n) is 2.33. The summed E-state index contributed by atoms with van der Waals surface area (Å²) in [7, 11) is 0.